The average Bonchev–Trinajstić information content (AvgIpc) is 3.04. The van der Waals surface area contributed by atoms with E-state index < -0.39 is 28.5 Å². The van der Waals surface area contributed by atoms with E-state index in [0.717, 1.165) is 15.4 Å². The van der Waals surface area contributed by atoms with Gasteiger partial charge in [-0.3, -0.25) is 13.9 Å². The van der Waals surface area contributed by atoms with E-state index in [1.165, 1.54) is 23.1 Å². The lowest BCUT2D eigenvalue weighted by Gasteiger charge is -2.34. The number of halogens is 2. The van der Waals surface area contributed by atoms with Gasteiger partial charge in [0.05, 0.1) is 20.6 Å². The number of hydrogen-bond donors (Lipinski definition) is 1. The van der Waals surface area contributed by atoms with Crippen LogP contribution in [0, 0.1) is 0 Å². The summed E-state index contributed by atoms with van der Waals surface area (Å²) in [7, 11) is -4.28. The Morgan fingerprint density at radius 2 is 1.36 bits per heavy atom. The van der Waals surface area contributed by atoms with Crippen molar-refractivity contribution in [3.63, 3.8) is 0 Å². The highest BCUT2D eigenvalue weighted by Gasteiger charge is 2.35. The molecule has 10 heteroatoms. The maximum absolute atomic E-state index is 14.5. The first kappa shape index (κ1) is 33.1. The smallest absolute Gasteiger partial charge is 0.264 e. The first-order valence-electron chi connectivity index (χ1n) is 14.3. The Morgan fingerprint density at radius 1 is 0.795 bits per heavy atom. The number of carbonyl (C=O) groups excluding carboxylic acids is 2. The minimum Gasteiger partial charge on any atom is -0.352 e. The molecule has 0 heterocycles. The standard InChI is InChI=1S/C34H35Cl2N3O4S/c1-3-25(2)37-34(41)31(22-26-14-7-4-8-15-26)38(23-27-16-9-5-10-17-27)32(40)24-39(30-21-13-20-29(35)33(30)36)44(42,43)28-18-11-6-12-19-28/h4-21,25,31H,3,22-24H2,1-2H3,(H,37,41)/t25-,31-/m1/s1. The number of carbonyl (C=O) groups is 2. The second kappa shape index (κ2) is 15.2. The predicted octanol–water partition coefficient (Wildman–Crippen LogP) is 6.74. The van der Waals surface area contributed by atoms with Crippen molar-refractivity contribution in [3.8, 4) is 0 Å². The summed E-state index contributed by atoms with van der Waals surface area (Å²) in [5.74, 6) is -0.907. The topological polar surface area (TPSA) is 86.8 Å². The molecule has 0 aliphatic carbocycles. The van der Waals surface area contributed by atoms with Gasteiger partial charge in [-0.15, -0.1) is 0 Å². The Labute approximate surface area is 269 Å². The van der Waals surface area contributed by atoms with Crippen LogP contribution in [0.25, 0.3) is 0 Å². The van der Waals surface area contributed by atoms with Crippen molar-refractivity contribution in [2.75, 3.05) is 10.8 Å². The molecule has 0 unspecified atom stereocenters. The number of sulfonamides is 1. The molecule has 0 saturated carbocycles. The van der Waals surface area contributed by atoms with Crippen LogP contribution in [0.4, 0.5) is 5.69 Å². The third-order valence-corrected chi connectivity index (χ3v) is 9.86. The van der Waals surface area contributed by atoms with Crippen molar-refractivity contribution in [2.24, 2.45) is 0 Å². The number of rotatable bonds is 13. The lowest BCUT2D eigenvalue weighted by atomic mass is 10.0. The Hall–Kier alpha value is -3.85. The van der Waals surface area contributed by atoms with Crippen molar-refractivity contribution >= 4 is 50.7 Å². The van der Waals surface area contributed by atoms with E-state index in [4.69, 9.17) is 23.2 Å². The van der Waals surface area contributed by atoms with Crippen LogP contribution < -0.4 is 9.62 Å². The van der Waals surface area contributed by atoms with Crippen molar-refractivity contribution in [1.29, 1.82) is 0 Å². The van der Waals surface area contributed by atoms with Gasteiger partial charge in [-0.05, 0) is 48.7 Å². The Kier molecular flexibility index (Phi) is 11.4. The van der Waals surface area contributed by atoms with Gasteiger partial charge in [0, 0.05) is 19.0 Å². The Bertz CT molecular complexity index is 1660. The molecule has 0 aromatic heterocycles. The third-order valence-electron chi connectivity index (χ3n) is 7.28. The normalized spacial score (nSPS) is 12.6. The van der Waals surface area contributed by atoms with Crippen LogP contribution in [-0.2, 0) is 32.6 Å². The van der Waals surface area contributed by atoms with E-state index in [1.54, 1.807) is 30.3 Å². The van der Waals surface area contributed by atoms with E-state index in [2.05, 4.69) is 5.32 Å². The predicted molar refractivity (Wildman–Crippen MR) is 176 cm³/mol. The Morgan fingerprint density at radius 3 is 1.95 bits per heavy atom. The van der Waals surface area contributed by atoms with Gasteiger partial charge in [0.1, 0.15) is 12.6 Å². The lowest BCUT2D eigenvalue weighted by molar-refractivity contribution is -0.140. The molecule has 0 saturated heterocycles. The zero-order valence-corrected chi connectivity index (χ0v) is 26.9. The van der Waals surface area contributed by atoms with Crippen molar-refractivity contribution < 1.29 is 18.0 Å². The summed E-state index contributed by atoms with van der Waals surface area (Å²) >= 11 is 12.8. The van der Waals surface area contributed by atoms with Crippen LogP contribution in [0.2, 0.25) is 10.0 Å². The molecule has 0 aliphatic rings. The SMILES string of the molecule is CC[C@@H](C)NC(=O)[C@@H](Cc1ccccc1)N(Cc1ccccc1)C(=O)CN(c1cccc(Cl)c1Cl)S(=O)(=O)c1ccccc1. The molecule has 2 atom stereocenters. The highest BCUT2D eigenvalue weighted by Crippen LogP contribution is 2.35. The number of hydrogen-bond acceptors (Lipinski definition) is 4. The largest absolute Gasteiger partial charge is 0.352 e. The molecule has 1 N–H and O–H groups in total. The van der Waals surface area contributed by atoms with Crippen molar-refractivity contribution in [3.05, 3.63) is 130 Å². The summed E-state index contributed by atoms with van der Waals surface area (Å²) in [6.07, 6.45) is 0.928. The van der Waals surface area contributed by atoms with Gasteiger partial charge in [-0.2, -0.15) is 0 Å². The molecular formula is C34H35Cl2N3O4S. The molecule has 0 bridgehead atoms. The fraction of sp³-hybridized carbons (Fsp3) is 0.235. The zero-order chi connectivity index (χ0) is 31.7. The number of benzene rings is 4. The maximum atomic E-state index is 14.5. The molecule has 44 heavy (non-hydrogen) atoms. The van der Waals surface area contributed by atoms with Crippen molar-refractivity contribution in [2.45, 2.75) is 50.2 Å². The summed E-state index contributed by atoms with van der Waals surface area (Å²) in [5, 5.41) is 3.16. The lowest BCUT2D eigenvalue weighted by Crippen LogP contribution is -2.54. The first-order chi connectivity index (χ1) is 21.1. The van der Waals surface area contributed by atoms with Crippen LogP contribution in [0.3, 0.4) is 0 Å². The summed E-state index contributed by atoms with van der Waals surface area (Å²) < 4.78 is 29.1. The highest BCUT2D eigenvalue weighted by molar-refractivity contribution is 7.92. The van der Waals surface area contributed by atoms with E-state index >= 15 is 0 Å². The third kappa shape index (κ3) is 8.20. The molecule has 0 radical (unpaired) electrons. The van der Waals surface area contributed by atoms with Crippen LogP contribution in [-0.4, -0.2) is 43.8 Å². The first-order valence-corrected chi connectivity index (χ1v) is 16.5. The molecule has 4 aromatic rings. The fourth-order valence-electron chi connectivity index (χ4n) is 4.69. The van der Waals surface area contributed by atoms with Gasteiger partial charge in [0.15, 0.2) is 0 Å². The van der Waals surface area contributed by atoms with Gasteiger partial charge in [0.2, 0.25) is 11.8 Å². The number of nitrogens with zero attached hydrogens (tertiary/aromatic N) is 2. The highest BCUT2D eigenvalue weighted by atomic mass is 35.5. The number of amides is 2. The van der Waals surface area contributed by atoms with Crippen LogP contribution in [0.15, 0.2) is 114 Å². The van der Waals surface area contributed by atoms with Crippen molar-refractivity contribution in [1.82, 2.24) is 10.2 Å². The maximum Gasteiger partial charge on any atom is 0.264 e. The summed E-state index contributed by atoms with van der Waals surface area (Å²) in [6.45, 7) is 3.32. The van der Waals surface area contributed by atoms with Gasteiger partial charge in [0.25, 0.3) is 10.0 Å². The fourth-order valence-corrected chi connectivity index (χ4v) is 6.59. The van der Waals surface area contributed by atoms with Gasteiger partial charge in [-0.25, -0.2) is 8.42 Å². The van der Waals surface area contributed by atoms with E-state index in [9.17, 15) is 18.0 Å². The molecular weight excluding hydrogens is 617 g/mol. The second-order valence-electron chi connectivity index (χ2n) is 10.4. The number of anilines is 1. The number of nitrogens with one attached hydrogen (secondary N) is 1. The molecule has 230 valence electrons. The van der Waals surface area contributed by atoms with E-state index in [0.29, 0.717) is 6.42 Å². The van der Waals surface area contributed by atoms with Gasteiger partial charge >= 0.3 is 0 Å². The van der Waals surface area contributed by atoms with E-state index in [1.807, 2.05) is 74.5 Å². The van der Waals surface area contributed by atoms with Gasteiger partial charge < -0.3 is 10.2 Å². The minimum atomic E-state index is -4.28. The molecule has 0 spiro atoms. The molecule has 0 fully saturated rings. The quantitative estimate of drug-likeness (QED) is 0.173. The summed E-state index contributed by atoms with van der Waals surface area (Å²) in [5.41, 5.74) is 1.70. The van der Waals surface area contributed by atoms with Gasteiger partial charge in [-0.1, -0.05) is 115 Å². The minimum absolute atomic E-state index is 0.00793. The van der Waals surface area contributed by atoms with Crippen LogP contribution in [0.1, 0.15) is 31.4 Å². The molecule has 4 aromatic carbocycles. The summed E-state index contributed by atoms with van der Waals surface area (Å²) in [4.78, 5) is 29.7. The van der Waals surface area contributed by atoms with Crippen LogP contribution in [0.5, 0.6) is 0 Å². The average molecular weight is 653 g/mol. The second-order valence-corrected chi connectivity index (χ2v) is 13.1. The summed E-state index contributed by atoms with van der Waals surface area (Å²) in [6, 6.07) is 30.0. The molecule has 7 nitrogen and oxygen atoms in total. The van der Waals surface area contributed by atoms with Crippen LogP contribution >= 0.6 is 23.2 Å². The molecule has 2 amide bonds. The monoisotopic (exact) mass is 651 g/mol. The molecule has 4 rings (SSSR count). The Balaban J connectivity index is 1.82. The molecule has 0 aliphatic heterocycles. The van der Waals surface area contributed by atoms with E-state index in [-0.39, 0.29) is 45.5 Å². The zero-order valence-electron chi connectivity index (χ0n) is 24.6.